The molecule has 0 aliphatic heterocycles. The highest BCUT2D eigenvalue weighted by Crippen LogP contribution is 2.24. The van der Waals surface area contributed by atoms with Crippen LogP contribution in [0, 0.1) is 0 Å². The van der Waals surface area contributed by atoms with E-state index in [1.807, 2.05) is 31.2 Å². The van der Waals surface area contributed by atoms with Crippen molar-refractivity contribution in [2.24, 2.45) is 0 Å². The van der Waals surface area contributed by atoms with Crippen LogP contribution in [-0.2, 0) is 0 Å². The van der Waals surface area contributed by atoms with Crippen molar-refractivity contribution < 1.29 is 5.11 Å². The Bertz CT molecular complexity index is 509. The summed E-state index contributed by atoms with van der Waals surface area (Å²) in [5.41, 5.74) is 8.28. The van der Waals surface area contributed by atoms with Crippen LogP contribution in [0.5, 0.6) is 0 Å². The predicted molar refractivity (Wildman–Crippen MR) is 70.9 cm³/mol. The lowest BCUT2D eigenvalue weighted by molar-refractivity contribution is 0.272. The fourth-order valence-electron chi connectivity index (χ4n) is 1.79. The lowest BCUT2D eigenvalue weighted by Gasteiger charge is -2.17. The van der Waals surface area contributed by atoms with Gasteiger partial charge >= 0.3 is 0 Å². The topological polar surface area (TPSA) is 71.2 Å². The van der Waals surface area contributed by atoms with E-state index in [4.69, 9.17) is 5.73 Å². The highest BCUT2D eigenvalue weighted by molar-refractivity contribution is 5.92. The van der Waals surface area contributed by atoms with Gasteiger partial charge in [-0.15, -0.1) is 0 Å². The molecular formula is C13H17N3O. The number of rotatable bonds is 4. The zero-order valence-corrected chi connectivity index (χ0v) is 9.85. The molecule has 0 saturated carbocycles. The second-order valence-electron chi connectivity index (χ2n) is 4.07. The number of aliphatic hydroxyl groups excluding tert-OH is 1. The van der Waals surface area contributed by atoms with E-state index in [9.17, 15) is 5.11 Å². The Morgan fingerprint density at radius 3 is 2.94 bits per heavy atom. The molecule has 0 fully saturated rings. The van der Waals surface area contributed by atoms with E-state index in [1.165, 1.54) is 0 Å². The van der Waals surface area contributed by atoms with Gasteiger partial charge < -0.3 is 16.2 Å². The number of nitrogens with two attached hydrogens (primary N) is 1. The molecule has 1 aromatic heterocycles. The van der Waals surface area contributed by atoms with Gasteiger partial charge in [0.2, 0.25) is 0 Å². The summed E-state index contributed by atoms with van der Waals surface area (Å²) < 4.78 is 0. The molecule has 0 radical (unpaired) electrons. The first-order chi connectivity index (χ1) is 8.24. The molecule has 0 amide bonds. The van der Waals surface area contributed by atoms with Crippen molar-refractivity contribution in [2.45, 2.75) is 19.4 Å². The van der Waals surface area contributed by atoms with Crippen molar-refractivity contribution in [1.29, 1.82) is 0 Å². The van der Waals surface area contributed by atoms with Crippen LogP contribution >= 0.6 is 0 Å². The van der Waals surface area contributed by atoms with E-state index in [-0.39, 0.29) is 12.6 Å². The van der Waals surface area contributed by atoms with Crippen LogP contribution in [0.15, 0.2) is 30.5 Å². The minimum absolute atomic E-state index is 0.0677. The van der Waals surface area contributed by atoms with E-state index in [1.54, 1.807) is 6.20 Å². The van der Waals surface area contributed by atoms with Gasteiger partial charge in [0.15, 0.2) is 0 Å². The summed E-state index contributed by atoms with van der Waals surface area (Å²) in [4.78, 5) is 4.28. The first kappa shape index (κ1) is 11.7. The standard InChI is InChI=1S/C13H17N3O/c1-2-10(8-17)16-12-5-6-15-13-7-9(14)3-4-11(12)13/h3-7,10,17H,2,8,14H2,1H3,(H,15,16). The van der Waals surface area contributed by atoms with Crippen molar-refractivity contribution in [3.05, 3.63) is 30.5 Å². The summed E-state index contributed by atoms with van der Waals surface area (Å²) >= 11 is 0. The number of nitrogen functional groups attached to an aromatic ring is 1. The van der Waals surface area contributed by atoms with E-state index < -0.39 is 0 Å². The van der Waals surface area contributed by atoms with Gasteiger partial charge in [0.25, 0.3) is 0 Å². The molecule has 0 bridgehead atoms. The molecule has 1 aromatic carbocycles. The number of benzene rings is 1. The predicted octanol–water partition coefficient (Wildman–Crippen LogP) is 2.00. The Kier molecular flexibility index (Phi) is 3.44. The lowest BCUT2D eigenvalue weighted by Crippen LogP contribution is -2.22. The number of aliphatic hydroxyl groups is 1. The Hall–Kier alpha value is -1.81. The second kappa shape index (κ2) is 5.01. The first-order valence-corrected chi connectivity index (χ1v) is 5.76. The van der Waals surface area contributed by atoms with Crippen LogP contribution in [-0.4, -0.2) is 22.7 Å². The Morgan fingerprint density at radius 2 is 2.24 bits per heavy atom. The molecule has 0 saturated heterocycles. The Labute approximate surface area is 100 Å². The van der Waals surface area contributed by atoms with Crippen molar-refractivity contribution >= 4 is 22.3 Å². The van der Waals surface area contributed by atoms with Gasteiger partial charge in [-0.05, 0) is 30.7 Å². The summed E-state index contributed by atoms with van der Waals surface area (Å²) in [5, 5.41) is 13.5. The molecule has 2 aromatic rings. The van der Waals surface area contributed by atoms with Crippen molar-refractivity contribution in [3.8, 4) is 0 Å². The minimum Gasteiger partial charge on any atom is -0.399 e. The zero-order chi connectivity index (χ0) is 12.3. The second-order valence-corrected chi connectivity index (χ2v) is 4.07. The van der Waals surface area contributed by atoms with Crippen molar-refractivity contribution in [3.63, 3.8) is 0 Å². The summed E-state index contributed by atoms with van der Waals surface area (Å²) in [6, 6.07) is 7.63. The molecule has 4 N–H and O–H groups in total. The molecule has 1 atom stereocenters. The number of hydrogen-bond donors (Lipinski definition) is 3. The number of nitrogens with zero attached hydrogens (tertiary/aromatic N) is 1. The monoisotopic (exact) mass is 231 g/mol. The van der Waals surface area contributed by atoms with Gasteiger partial charge in [0, 0.05) is 29.0 Å². The molecular weight excluding hydrogens is 214 g/mol. The number of anilines is 2. The fraction of sp³-hybridized carbons (Fsp3) is 0.308. The number of pyridine rings is 1. The summed E-state index contributed by atoms with van der Waals surface area (Å²) in [6.45, 7) is 2.16. The summed E-state index contributed by atoms with van der Waals surface area (Å²) in [6.07, 6.45) is 2.61. The van der Waals surface area contributed by atoms with Crippen LogP contribution in [0.25, 0.3) is 10.9 Å². The van der Waals surface area contributed by atoms with Gasteiger partial charge in [-0.1, -0.05) is 6.92 Å². The largest absolute Gasteiger partial charge is 0.399 e. The average molecular weight is 231 g/mol. The van der Waals surface area contributed by atoms with E-state index in [0.29, 0.717) is 5.69 Å². The molecule has 1 heterocycles. The number of aromatic nitrogens is 1. The van der Waals surface area contributed by atoms with Gasteiger partial charge in [0.05, 0.1) is 12.1 Å². The minimum atomic E-state index is 0.0677. The highest BCUT2D eigenvalue weighted by atomic mass is 16.3. The Morgan fingerprint density at radius 1 is 1.41 bits per heavy atom. The molecule has 4 nitrogen and oxygen atoms in total. The molecule has 17 heavy (non-hydrogen) atoms. The maximum absolute atomic E-state index is 9.21. The molecule has 0 aliphatic carbocycles. The normalized spacial score (nSPS) is 12.6. The quantitative estimate of drug-likeness (QED) is 0.704. The number of fused-ring (bicyclic) bond motifs is 1. The van der Waals surface area contributed by atoms with Crippen LogP contribution in [0.1, 0.15) is 13.3 Å². The van der Waals surface area contributed by atoms with E-state index in [0.717, 1.165) is 23.0 Å². The third kappa shape index (κ3) is 2.47. The third-order valence-electron chi connectivity index (χ3n) is 2.84. The maximum Gasteiger partial charge on any atom is 0.0743 e. The van der Waals surface area contributed by atoms with Crippen LogP contribution in [0.2, 0.25) is 0 Å². The van der Waals surface area contributed by atoms with Crippen molar-refractivity contribution in [1.82, 2.24) is 4.98 Å². The SMILES string of the molecule is CCC(CO)Nc1ccnc2cc(N)ccc12. The van der Waals surface area contributed by atoms with Crippen LogP contribution < -0.4 is 11.1 Å². The van der Waals surface area contributed by atoms with Gasteiger partial charge in [-0.2, -0.15) is 0 Å². The number of hydrogen-bond acceptors (Lipinski definition) is 4. The van der Waals surface area contributed by atoms with Crippen LogP contribution in [0.3, 0.4) is 0 Å². The molecule has 0 aliphatic rings. The fourth-order valence-corrected chi connectivity index (χ4v) is 1.79. The van der Waals surface area contributed by atoms with E-state index >= 15 is 0 Å². The molecule has 90 valence electrons. The maximum atomic E-state index is 9.21. The third-order valence-corrected chi connectivity index (χ3v) is 2.84. The molecule has 1 unspecified atom stereocenters. The van der Waals surface area contributed by atoms with Crippen molar-refractivity contribution in [2.75, 3.05) is 17.7 Å². The number of nitrogens with one attached hydrogen (secondary N) is 1. The van der Waals surface area contributed by atoms with Gasteiger partial charge in [-0.3, -0.25) is 4.98 Å². The average Bonchev–Trinajstić information content (AvgIpc) is 2.35. The molecule has 0 spiro atoms. The molecule has 4 heteroatoms. The highest BCUT2D eigenvalue weighted by Gasteiger charge is 2.07. The van der Waals surface area contributed by atoms with E-state index in [2.05, 4.69) is 10.3 Å². The summed E-state index contributed by atoms with van der Waals surface area (Å²) in [7, 11) is 0. The lowest BCUT2D eigenvalue weighted by atomic mass is 10.1. The summed E-state index contributed by atoms with van der Waals surface area (Å²) in [5.74, 6) is 0. The van der Waals surface area contributed by atoms with Crippen LogP contribution in [0.4, 0.5) is 11.4 Å². The van der Waals surface area contributed by atoms with Gasteiger partial charge in [-0.25, -0.2) is 0 Å². The van der Waals surface area contributed by atoms with Gasteiger partial charge in [0.1, 0.15) is 0 Å². The molecule has 2 rings (SSSR count). The smallest absolute Gasteiger partial charge is 0.0743 e. The zero-order valence-electron chi connectivity index (χ0n) is 9.85. The first-order valence-electron chi connectivity index (χ1n) is 5.76. The Balaban J connectivity index is 2.40.